The lowest BCUT2D eigenvalue weighted by Gasteiger charge is -2.17. The topological polar surface area (TPSA) is 87.2 Å². The quantitative estimate of drug-likeness (QED) is 0.590. The Morgan fingerprint density at radius 1 is 1.00 bits per heavy atom. The van der Waals surface area contributed by atoms with Gasteiger partial charge >= 0.3 is 0 Å². The Bertz CT molecular complexity index is 1020. The maximum atomic E-state index is 12.4. The monoisotopic (exact) mass is 415 g/mol. The minimum absolute atomic E-state index is 0.242. The smallest absolute Gasteiger partial charge is 0.251 e. The molecule has 2 aromatic carbocycles. The third-order valence-electron chi connectivity index (χ3n) is 4.72. The van der Waals surface area contributed by atoms with Crippen molar-refractivity contribution >= 4 is 29.5 Å². The van der Waals surface area contributed by atoms with Gasteiger partial charge in [0.05, 0.1) is 0 Å². The number of carbonyl (C=O) groups excluding carboxylic acids is 2. The van der Waals surface area contributed by atoms with Crippen molar-refractivity contribution in [2.24, 2.45) is 0 Å². The Balaban J connectivity index is 1.62. The number of nitrogens with zero attached hydrogens (tertiary/aromatic N) is 3. The number of rotatable bonds is 8. The number of nitrogens with one attached hydrogen (secondary N) is 2. The summed E-state index contributed by atoms with van der Waals surface area (Å²) in [7, 11) is 3.46. The molecule has 0 aliphatic heterocycles. The molecule has 0 radical (unpaired) electrons. The van der Waals surface area contributed by atoms with Crippen LogP contribution in [0.25, 0.3) is 6.08 Å². The first-order chi connectivity index (χ1) is 15.1. The molecule has 2 N–H and O–H groups in total. The van der Waals surface area contributed by atoms with Crippen LogP contribution in [0, 0.1) is 0 Å². The SMILES string of the molecule is CNC(=O)C(CC=Cc1ccc(N(C)c2ncccn2)cc1)NC(=O)c1ccccc1. The van der Waals surface area contributed by atoms with Gasteiger partial charge in [0.1, 0.15) is 6.04 Å². The summed E-state index contributed by atoms with van der Waals surface area (Å²) in [5.74, 6) is 0.0975. The van der Waals surface area contributed by atoms with E-state index in [9.17, 15) is 9.59 Å². The molecule has 0 fully saturated rings. The summed E-state index contributed by atoms with van der Waals surface area (Å²) in [5.41, 5.74) is 2.46. The minimum atomic E-state index is -0.658. The van der Waals surface area contributed by atoms with Crippen molar-refractivity contribution in [3.63, 3.8) is 0 Å². The van der Waals surface area contributed by atoms with Gasteiger partial charge in [-0.3, -0.25) is 9.59 Å². The van der Waals surface area contributed by atoms with Crippen LogP contribution in [0.3, 0.4) is 0 Å². The normalized spacial score (nSPS) is 11.7. The molecule has 2 amide bonds. The second-order valence-electron chi connectivity index (χ2n) is 6.84. The zero-order valence-electron chi connectivity index (χ0n) is 17.5. The molecule has 3 rings (SSSR count). The van der Waals surface area contributed by atoms with Crippen LogP contribution in [0.4, 0.5) is 11.6 Å². The number of hydrogen-bond acceptors (Lipinski definition) is 5. The van der Waals surface area contributed by atoms with Gasteiger partial charge in [0.15, 0.2) is 0 Å². The lowest BCUT2D eigenvalue weighted by molar-refractivity contribution is -0.122. The average Bonchev–Trinajstić information content (AvgIpc) is 2.84. The molecular weight excluding hydrogens is 390 g/mol. The maximum absolute atomic E-state index is 12.4. The molecule has 1 atom stereocenters. The van der Waals surface area contributed by atoms with Gasteiger partial charge in [-0.05, 0) is 42.3 Å². The fourth-order valence-corrected chi connectivity index (χ4v) is 2.97. The molecule has 0 saturated heterocycles. The van der Waals surface area contributed by atoms with Crippen LogP contribution >= 0.6 is 0 Å². The molecule has 1 heterocycles. The first-order valence-corrected chi connectivity index (χ1v) is 9.93. The first-order valence-electron chi connectivity index (χ1n) is 9.93. The Hall–Kier alpha value is -4.00. The number of anilines is 2. The van der Waals surface area contributed by atoms with Gasteiger partial charge in [0.25, 0.3) is 5.91 Å². The average molecular weight is 415 g/mol. The van der Waals surface area contributed by atoms with E-state index >= 15 is 0 Å². The van der Waals surface area contributed by atoms with Crippen LogP contribution < -0.4 is 15.5 Å². The fourth-order valence-electron chi connectivity index (χ4n) is 2.97. The van der Waals surface area contributed by atoms with Crippen LogP contribution in [-0.2, 0) is 4.79 Å². The highest BCUT2D eigenvalue weighted by Gasteiger charge is 2.19. The summed E-state index contributed by atoms with van der Waals surface area (Å²) < 4.78 is 0. The molecule has 3 aromatic rings. The van der Waals surface area contributed by atoms with E-state index in [1.807, 2.05) is 54.4 Å². The molecule has 158 valence electrons. The molecule has 0 aliphatic carbocycles. The molecule has 7 heteroatoms. The van der Waals surface area contributed by atoms with Crippen molar-refractivity contribution < 1.29 is 9.59 Å². The van der Waals surface area contributed by atoms with Gasteiger partial charge in [0.2, 0.25) is 11.9 Å². The van der Waals surface area contributed by atoms with Gasteiger partial charge in [-0.25, -0.2) is 9.97 Å². The highest BCUT2D eigenvalue weighted by molar-refractivity contribution is 5.97. The summed E-state index contributed by atoms with van der Waals surface area (Å²) in [4.78, 5) is 35.0. The zero-order chi connectivity index (χ0) is 22.1. The van der Waals surface area contributed by atoms with E-state index in [-0.39, 0.29) is 11.8 Å². The van der Waals surface area contributed by atoms with Gasteiger partial charge in [-0.15, -0.1) is 0 Å². The van der Waals surface area contributed by atoms with Gasteiger partial charge in [-0.1, -0.05) is 42.5 Å². The number of benzene rings is 2. The highest BCUT2D eigenvalue weighted by atomic mass is 16.2. The number of likely N-dealkylation sites (N-methyl/N-ethyl adjacent to an activating group) is 1. The summed E-state index contributed by atoms with van der Waals surface area (Å²) >= 11 is 0. The van der Waals surface area contributed by atoms with Crippen LogP contribution in [-0.4, -0.2) is 41.9 Å². The molecule has 7 nitrogen and oxygen atoms in total. The van der Waals surface area contributed by atoms with E-state index in [1.165, 1.54) is 0 Å². The maximum Gasteiger partial charge on any atom is 0.251 e. The Morgan fingerprint density at radius 2 is 1.68 bits per heavy atom. The Morgan fingerprint density at radius 3 is 2.32 bits per heavy atom. The molecule has 1 unspecified atom stereocenters. The molecule has 1 aromatic heterocycles. The lowest BCUT2D eigenvalue weighted by atomic mass is 10.1. The summed E-state index contributed by atoms with van der Waals surface area (Å²) in [6, 6.07) is 17.9. The molecule has 0 spiro atoms. The van der Waals surface area contributed by atoms with Gasteiger partial charge < -0.3 is 15.5 Å². The van der Waals surface area contributed by atoms with Crippen LogP contribution in [0.5, 0.6) is 0 Å². The fraction of sp³-hybridized carbons (Fsp3) is 0.167. The number of aromatic nitrogens is 2. The van der Waals surface area contributed by atoms with E-state index < -0.39 is 6.04 Å². The third-order valence-corrected chi connectivity index (χ3v) is 4.72. The molecular formula is C24H25N5O2. The predicted octanol–water partition coefficient (Wildman–Crippen LogP) is 3.19. The number of carbonyl (C=O) groups is 2. The summed E-state index contributed by atoms with van der Waals surface area (Å²) in [6.45, 7) is 0. The Labute approximate surface area is 181 Å². The molecule has 0 saturated carbocycles. The van der Waals surface area contributed by atoms with E-state index in [0.29, 0.717) is 17.9 Å². The second kappa shape index (κ2) is 10.7. The number of hydrogen-bond donors (Lipinski definition) is 2. The zero-order valence-corrected chi connectivity index (χ0v) is 17.5. The predicted molar refractivity (Wildman–Crippen MR) is 122 cm³/mol. The van der Waals surface area contributed by atoms with Crippen molar-refractivity contribution in [2.75, 3.05) is 19.0 Å². The minimum Gasteiger partial charge on any atom is -0.357 e. The second-order valence-corrected chi connectivity index (χ2v) is 6.84. The van der Waals surface area contributed by atoms with Gasteiger partial charge in [-0.2, -0.15) is 0 Å². The van der Waals surface area contributed by atoms with E-state index in [1.54, 1.807) is 49.8 Å². The standard InChI is InChI=1S/C24H25N5O2/c1-25-23(31)21(28-22(30)19-9-4-3-5-10-19)11-6-8-18-12-14-20(15-13-18)29(2)24-26-16-7-17-27-24/h3-10,12-17,21H,11H2,1-2H3,(H,25,31)(H,28,30). The molecule has 0 bridgehead atoms. The van der Waals surface area contributed by atoms with Crippen molar-refractivity contribution in [3.8, 4) is 0 Å². The Kier molecular flexibility index (Phi) is 7.48. The largest absolute Gasteiger partial charge is 0.357 e. The molecule has 31 heavy (non-hydrogen) atoms. The lowest BCUT2D eigenvalue weighted by Crippen LogP contribution is -2.45. The first kappa shape index (κ1) is 21.7. The van der Waals surface area contributed by atoms with Crippen molar-refractivity contribution in [3.05, 3.63) is 90.3 Å². The van der Waals surface area contributed by atoms with Crippen LogP contribution in [0.15, 0.2) is 79.1 Å². The van der Waals surface area contributed by atoms with Gasteiger partial charge in [0, 0.05) is 37.7 Å². The van der Waals surface area contributed by atoms with Crippen molar-refractivity contribution in [1.82, 2.24) is 20.6 Å². The van der Waals surface area contributed by atoms with Crippen molar-refractivity contribution in [2.45, 2.75) is 12.5 Å². The van der Waals surface area contributed by atoms with E-state index in [4.69, 9.17) is 0 Å². The molecule has 0 aliphatic rings. The summed E-state index contributed by atoms with van der Waals surface area (Å²) in [6.07, 6.45) is 7.58. The highest BCUT2D eigenvalue weighted by Crippen LogP contribution is 2.20. The number of amides is 2. The van der Waals surface area contributed by atoms with Crippen LogP contribution in [0.2, 0.25) is 0 Å². The van der Waals surface area contributed by atoms with Crippen LogP contribution in [0.1, 0.15) is 22.3 Å². The summed E-state index contributed by atoms with van der Waals surface area (Å²) in [5, 5.41) is 5.39. The van der Waals surface area contributed by atoms with E-state index in [0.717, 1.165) is 11.3 Å². The van der Waals surface area contributed by atoms with Crippen molar-refractivity contribution in [1.29, 1.82) is 0 Å². The third kappa shape index (κ3) is 5.99. The van der Waals surface area contributed by atoms with E-state index in [2.05, 4.69) is 20.6 Å².